The number of benzene rings is 1. The smallest absolute Gasteiger partial charge is 0.275 e. The third-order valence-electron chi connectivity index (χ3n) is 2.00. The number of aromatic nitrogens is 2. The summed E-state index contributed by atoms with van der Waals surface area (Å²) in [5, 5.41) is 3.22. The molecular weight excluding hydrogens is 305 g/mol. The molecule has 17 heavy (non-hydrogen) atoms. The summed E-state index contributed by atoms with van der Waals surface area (Å²) in [7, 11) is 0. The minimum atomic E-state index is -0.332. The summed E-state index contributed by atoms with van der Waals surface area (Å²) in [4.78, 5) is 19.5. The number of halogens is 2. The normalized spacial score (nSPS) is 10.0. The molecule has 0 fully saturated rings. The molecular formula is C11H7BrClN3O. The fraction of sp³-hybridized carbons (Fsp3) is 0. The van der Waals surface area contributed by atoms with Crippen LogP contribution in [-0.4, -0.2) is 15.9 Å². The van der Waals surface area contributed by atoms with Crippen LogP contribution in [-0.2, 0) is 0 Å². The maximum absolute atomic E-state index is 11.8. The molecule has 6 heteroatoms. The highest BCUT2D eigenvalue weighted by atomic mass is 79.9. The number of rotatable bonds is 2. The lowest BCUT2D eigenvalue weighted by Gasteiger charge is -2.07. The van der Waals surface area contributed by atoms with Crippen molar-refractivity contribution in [1.82, 2.24) is 9.97 Å². The van der Waals surface area contributed by atoms with E-state index >= 15 is 0 Å². The molecule has 0 bridgehead atoms. The number of hydrogen-bond donors (Lipinski definition) is 1. The lowest BCUT2D eigenvalue weighted by molar-refractivity contribution is 0.102. The van der Waals surface area contributed by atoms with Crippen LogP contribution in [0.3, 0.4) is 0 Å². The zero-order valence-electron chi connectivity index (χ0n) is 8.52. The van der Waals surface area contributed by atoms with Crippen LogP contribution in [0.1, 0.15) is 10.5 Å². The maximum atomic E-state index is 11.8. The molecule has 0 aliphatic rings. The van der Waals surface area contributed by atoms with E-state index < -0.39 is 0 Å². The Hall–Kier alpha value is -1.46. The molecule has 1 aromatic carbocycles. The first-order valence-electron chi connectivity index (χ1n) is 4.70. The highest BCUT2D eigenvalue weighted by Crippen LogP contribution is 2.30. The van der Waals surface area contributed by atoms with Crippen LogP contribution in [0.4, 0.5) is 5.69 Å². The van der Waals surface area contributed by atoms with Gasteiger partial charge in [0.05, 0.1) is 21.4 Å². The van der Waals surface area contributed by atoms with E-state index in [0.29, 0.717) is 15.2 Å². The van der Waals surface area contributed by atoms with Gasteiger partial charge in [0, 0.05) is 12.4 Å². The van der Waals surface area contributed by atoms with Crippen LogP contribution in [0.5, 0.6) is 0 Å². The van der Waals surface area contributed by atoms with Crippen LogP contribution < -0.4 is 5.32 Å². The summed E-state index contributed by atoms with van der Waals surface area (Å²) in [6.45, 7) is 0. The van der Waals surface area contributed by atoms with E-state index in [1.165, 1.54) is 18.6 Å². The molecule has 0 saturated carbocycles. The van der Waals surface area contributed by atoms with E-state index in [4.69, 9.17) is 11.6 Å². The summed E-state index contributed by atoms with van der Waals surface area (Å²) in [6, 6.07) is 5.22. The topological polar surface area (TPSA) is 54.9 Å². The van der Waals surface area contributed by atoms with Crippen LogP contribution in [0.2, 0.25) is 5.02 Å². The van der Waals surface area contributed by atoms with Crippen molar-refractivity contribution < 1.29 is 4.79 Å². The molecule has 2 aromatic rings. The monoisotopic (exact) mass is 311 g/mol. The van der Waals surface area contributed by atoms with Crippen LogP contribution in [0.15, 0.2) is 41.3 Å². The summed E-state index contributed by atoms with van der Waals surface area (Å²) >= 11 is 9.22. The molecule has 4 nitrogen and oxygen atoms in total. The van der Waals surface area contributed by atoms with E-state index in [9.17, 15) is 4.79 Å². The largest absolute Gasteiger partial charge is 0.320 e. The van der Waals surface area contributed by atoms with Crippen LogP contribution >= 0.6 is 27.5 Å². The molecule has 0 radical (unpaired) electrons. The highest BCUT2D eigenvalue weighted by molar-refractivity contribution is 9.10. The fourth-order valence-corrected chi connectivity index (χ4v) is 1.74. The van der Waals surface area contributed by atoms with Gasteiger partial charge in [0.1, 0.15) is 5.69 Å². The molecule has 86 valence electrons. The number of hydrogen-bond acceptors (Lipinski definition) is 3. The Morgan fingerprint density at radius 3 is 2.88 bits per heavy atom. The zero-order chi connectivity index (χ0) is 12.3. The Kier molecular flexibility index (Phi) is 3.71. The average Bonchev–Trinajstić information content (AvgIpc) is 2.36. The summed E-state index contributed by atoms with van der Waals surface area (Å²) in [6.07, 6.45) is 4.36. The molecule has 0 atom stereocenters. The number of carbonyl (C=O) groups is 1. The van der Waals surface area contributed by atoms with Crippen molar-refractivity contribution in [3.8, 4) is 0 Å². The third kappa shape index (κ3) is 2.81. The molecule has 1 heterocycles. The number of nitrogens with zero attached hydrogens (tertiary/aromatic N) is 2. The zero-order valence-corrected chi connectivity index (χ0v) is 10.9. The predicted octanol–water partition coefficient (Wildman–Crippen LogP) is 3.14. The molecule has 1 N–H and O–H groups in total. The first kappa shape index (κ1) is 12.0. The molecule has 1 aromatic heterocycles. The van der Waals surface area contributed by atoms with E-state index in [0.717, 1.165) is 0 Å². The second kappa shape index (κ2) is 5.25. The quantitative estimate of drug-likeness (QED) is 0.927. The Morgan fingerprint density at radius 2 is 2.18 bits per heavy atom. The molecule has 0 spiro atoms. The van der Waals surface area contributed by atoms with Gasteiger partial charge < -0.3 is 5.32 Å². The van der Waals surface area contributed by atoms with Crippen molar-refractivity contribution in [1.29, 1.82) is 0 Å². The maximum Gasteiger partial charge on any atom is 0.275 e. The van der Waals surface area contributed by atoms with E-state index in [1.807, 2.05) is 0 Å². The van der Waals surface area contributed by atoms with E-state index in [2.05, 4.69) is 31.2 Å². The van der Waals surface area contributed by atoms with Crippen LogP contribution in [0, 0.1) is 0 Å². The summed E-state index contributed by atoms with van der Waals surface area (Å²) < 4.78 is 0.638. The molecule has 2 rings (SSSR count). The van der Waals surface area contributed by atoms with Gasteiger partial charge in [-0.25, -0.2) is 4.98 Å². The molecule has 0 unspecified atom stereocenters. The Morgan fingerprint density at radius 1 is 1.35 bits per heavy atom. The lowest BCUT2D eigenvalue weighted by atomic mass is 10.3. The number of amides is 1. The van der Waals surface area contributed by atoms with Gasteiger partial charge in [-0.15, -0.1) is 0 Å². The minimum absolute atomic E-state index is 0.249. The Bertz CT molecular complexity index is 548. The lowest BCUT2D eigenvalue weighted by Crippen LogP contribution is -2.14. The van der Waals surface area contributed by atoms with Gasteiger partial charge in [-0.05, 0) is 28.1 Å². The first-order chi connectivity index (χ1) is 8.18. The molecule has 0 aliphatic carbocycles. The van der Waals surface area contributed by atoms with Gasteiger partial charge in [0.2, 0.25) is 0 Å². The number of anilines is 1. The number of carbonyl (C=O) groups excluding carboxylic acids is 1. The van der Waals surface area contributed by atoms with E-state index in [1.54, 1.807) is 18.2 Å². The Balaban J connectivity index is 2.22. The van der Waals surface area contributed by atoms with Gasteiger partial charge in [-0.3, -0.25) is 9.78 Å². The van der Waals surface area contributed by atoms with Gasteiger partial charge in [-0.1, -0.05) is 17.7 Å². The second-order valence-corrected chi connectivity index (χ2v) is 4.35. The van der Waals surface area contributed by atoms with Crippen LogP contribution in [0.25, 0.3) is 0 Å². The number of nitrogens with one attached hydrogen (secondary N) is 1. The SMILES string of the molecule is O=C(Nc1cccc(Cl)c1Br)c1cnccn1. The van der Waals surface area contributed by atoms with Crippen molar-refractivity contribution in [3.05, 3.63) is 52.0 Å². The Labute approximate surface area is 111 Å². The molecule has 0 saturated heterocycles. The van der Waals surface area contributed by atoms with Crippen molar-refractivity contribution in [2.75, 3.05) is 5.32 Å². The second-order valence-electron chi connectivity index (χ2n) is 3.15. The van der Waals surface area contributed by atoms with Crippen molar-refractivity contribution in [3.63, 3.8) is 0 Å². The van der Waals surface area contributed by atoms with E-state index in [-0.39, 0.29) is 11.6 Å². The summed E-state index contributed by atoms with van der Waals surface area (Å²) in [5.74, 6) is -0.332. The van der Waals surface area contributed by atoms with Crippen molar-refractivity contribution in [2.45, 2.75) is 0 Å². The van der Waals surface area contributed by atoms with Gasteiger partial charge in [-0.2, -0.15) is 0 Å². The standard InChI is InChI=1S/C11H7BrClN3O/c12-10-7(13)2-1-3-8(10)16-11(17)9-6-14-4-5-15-9/h1-6H,(H,16,17). The minimum Gasteiger partial charge on any atom is -0.320 e. The third-order valence-corrected chi connectivity index (χ3v) is 3.39. The fourth-order valence-electron chi connectivity index (χ4n) is 1.20. The molecule has 1 amide bonds. The summed E-state index contributed by atoms with van der Waals surface area (Å²) in [5.41, 5.74) is 0.840. The van der Waals surface area contributed by atoms with Crippen molar-refractivity contribution in [2.24, 2.45) is 0 Å². The van der Waals surface area contributed by atoms with Gasteiger partial charge in [0.15, 0.2) is 0 Å². The average molecular weight is 313 g/mol. The van der Waals surface area contributed by atoms with Gasteiger partial charge in [0.25, 0.3) is 5.91 Å². The highest BCUT2D eigenvalue weighted by Gasteiger charge is 2.10. The first-order valence-corrected chi connectivity index (χ1v) is 5.87. The van der Waals surface area contributed by atoms with Crippen molar-refractivity contribution >= 4 is 39.1 Å². The molecule has 0 aliphatic heterocycles. The van der Waals surface area contributed by atoms with Gasteiger partial charge >= 0.3 is 0 Å². The predicted molar refractivity (Wildman–Crippen MR) is 69.1 cm³/mol.